The number of carbonyl (C=O) groups is 1. The van der Waals surface area contributed by atoms with Gasteiger partial charge in [0.05, 0.1) is 13.7 Å². The molecule has 0 aromatic heterocycles. The van der Waals surface area contributed by atoms with Gasteiger partial charge in [0.2, 0.25) is 0 Å². The number of esters is 1. The van der Waals surface area contributed by atoms with Crippen LogP contribution in [0.5, 0.6) is 0 Å². The van der Waals surface area contributed by atoms with Crippen molar-refractivity contribution < 1.29 is 19.7 Å². The molecule has 0 fully saturated rings. The molecule has 0 radical (unpaired) electrons. The predicted molar refractivity (Wildman–Crippen MR) is 51.8 cm³/mol. The van der Waals surface area contributed by atoms with Crippen molar-refractivity contribution in [2.45, 2.75) is 19.4 Å². The minimum absolute atomic E-state index is 0.00505. The average Bonchev–Trinajstić information content (AvgIpc) is 2.15. The lowest BCUT2D eigenvalue weighted by molar-refractivity contribution is -0.162. The van der Waals surface area contributed by atoms with Crippen LogP contribution in [0.3, 0.4) is 0 Å². The zero-order valence-corrected chi connectivity index (χ0v) is 8.99. The van der Waals surface area contributed by atoms with Crippen molar-refractivity contribution in [3.05, 3.63) is 0 Å². The van der Waals surface area contributed by atoms with E-state index in [2.05, 4.69) is 4.74 Å². The molecule has 5 heteroatoms. The molecule has 5 nitrogen and oxygen atoms in total. The highest BCUT2D eigenvalue weighted by molar-refractivity contribution is 5.78. The van der Waals surface area contributed by atoms with E-state index in [1.54, 1.807) is 4.90 Å². The Kier molecular flexibility index (Phi) is 5.68. The Labute approximate surface area is 84.3 Å². The van der Waals surface area contributed by atoms with Crippen LogP contribution < -0.4 is 0 Å². The lowest BCUT2D eigenvalue weighted by Gasteiger charge is -2.28. The largest absolute Gasteiger partial charge is 0.467 e. The quantitative estimate of drug-likeness (QED) is 0.557. The molecule has 0 aliphatic rings. The number of aliphatic hydroxyl groups is 2. The van der Waals surface area contributed by atoms with E-state index in [9.17, 15) is 9.90 Å². The Bertz CT molecular complexity index is 182. The van der Waals surface area contributed by atoms with Crippen LogP contribution in [-0.2, 0) is 9.53 Å². The van der Waals surface area contributed by atoms with Gasteiger partial charge in [-0.3, -0.25) is 4.90 Å². The highest BCUT2D eigenvalue weighted by Crippen LogP contribution is 2.08. The highest BCUT2D eigenvalue weighted by Gasteiger charge is 2.33. The summed E-state index contributed by atoms with van der Waals surface area (Å²) >= 11 is 0. The molecule has 0 aromatic rings. The van der Waals surface area contributed by atoms with Gasteiger partial charge in [-0.2, -0.15) is 0 Å². The van der Waals surface area contributed by atoms with E-state index in [0.717, 1.165) is 0 Å². The first-order valence-corrected chi connectivity index (χ1v) is 4.62. The summed E-state index contributed by atoms with van der Waals surface area (Å²) < 4.78 is 4.46. The third-order valence-corrected chi connectivity index (χ3v) is 2.02. The molecule has 0 amide bonds. The zero-order chi connectivity index (χ0) is 11.2. The number of hydrogen-bond acceptors (Lipinski definition) is 5. The smallest absolute Gasteiger partial charge is 0.338 e. The summed E-state index contributed by atoms with van der Waals surface area (Å²) in [6.45, 7) is 4.56. The third-order valence-electron chi connectivity index (χ3n) is 2.02. The Morgan fingerprint density at radius 2 is 2.14 bits per heavy atom. The molecule has 0 spiro atoms. The van der Waals surface area contributed by atoms with Gasteiger partial charge in [0.1, 0.15) is 0 Å². The SMILES string of the molecule is CCN(CCO)CC(C)(O)C(=O)OC. The van der Waals surface area contributed by atoms with Crippen molar-refractivity contribution in [1.82, 2.24) is 4.90 Å². The lowest BCUT2D eigenvalue weighted by atomic mass is 10.1. The van der Waals surface area contributed by atoms with Gasteiger partial charge in [0.15, 0.2) is 5.60 Å². The van der Waals surface area contributed by atoms with Gasteiger partial charge >= 0.3 is 5.97 Å². The van der Waals surface area contributed by atoms with Gasteiger partial charge in [-0.15, -0.1) is 0 Å². The molecular weight excluding hydrogens is 186 g/mol. The summed E-state index contributed by atoms with van der Waals surface area (Å²) in [5, 5.41) is 18.4. The lowest BCUT2D eigenvalue weighted by Crippen LogP contribution is -2.48. The topological polar surface area (TPSA) is 70.0 Å². The van der Waals surface area contributed by atoms with Crippen molar-refractivity contribution in [2.75, 3.05) is 33.4 Å². The van der Waals surface area contributed by atoms with Crippen LogP contribution in [0.4, 0.5) is 0 Å². The third kappa shape index (κ3) is 4.04. The maximum atomic E-state index is 11.1. The van der Waals surface area contributed by atoms with Gasteiger partial charge in [0.25, 0.3) is 0 Å². The number of hydrogen-bond donors (Lipinski definition) is 2. The van der Waals surface area contributed by atoms with Crippen LogP contribution in [0, 0.1) is 0 Å². The van der Waals surface area contributed by atoms with Gasteiger partial charge in [-0.25, -0.2) is 4.79 Å². The van der Waals surface area contributed by atoms with Crippen molar-refractivity contribution in [3.63, 3.8) is 0 Å². The molecule has 0 aliphatic heterocycles. The Hall–Kier alpha value is -0.650. The number of likely N-dealkylation sites (N-methyl/N-ethyl adjacent to an activating group) is 1. The second kappa shape index (κ2) is 5.95. The second-order valence-corrected chi connectivity index (χ2v) is 3.36. The van der Waals surface area contributed by atoms with Crippen LogP contribution in [0.1, 0.15) is 13.8 Å². The molecule has 0 aromatic carbocycles. The summed E-state index contributed by atoms with van der Waals surface area (Å²) in [6.07, 6.45) is 0. The number of rotatable bonds is 6. The van der Waals surface area contributed by atoms with Gasteiger partial charge in [-0.1, -0.05) is 6.92 Å². The van der Waals surface area contributed by atoms with Crippen molar-refractivity contribution in [3.8, 4) is 0 Å². The van der Waals surface area contributed by atoms with E-state index < -0.39 is 11.6 Å². The number of carbonyl (C=O) groups excluding carboxylic acids is 1. The fourth-order valence-corrected chi connectivity index (χ4v) is 1.21. The molecular formula is C9H19NO4. The first kappa shape index (κ1) is 13.4. The molecule has 0 saturated heterocycles. The molecule has 14 heavy (non-hydrogen) atoms. The molecule has 0 heterocycles. The normalized spacial score (nSPS) is 15.3. The maximum Gasteiger partial charge on any atom is 0.338 e. The minimum Gasteiger partial charge on any atom is -0.467 e. The van der Waals surface area contributed by atoms with Crippen LogP contribution in [0.25, 0.3) is 0 Å². The monoisotopic (exact) mass is 205 g/mol. The number of aliphatic hydroxyl groups excluding tert-OH is 1. The summed E-state index contributed by atoms with van der Waals surface area (Å²) in [4.78, 5) is 12.9. The summed E-state index contributed by atoms with van der Waals surface area (Å²) in [5.41, 5.74) is -1.51. The standard InChI is InChI=1S/C9H19NO4/c1-4-10(5-6-11)7-9(2,13)8(12)14-3/h11,13H,4-7H2,1-3H3. The number of nitrogens with zero attached hydrogens (tertiary/aromatic N) is 1. The zero-order valence-electron chi connectivity index (χ0n) is 8.99. The number of ether oxygens (including phenoxy) is 1. The predicted octanol–water partition coefficient (Wildman–Crippen LogP) is -0.775. The molecule has 1 unspecified atom stereocenters. The van der Waals surface area contributed by atoms with E-state index in [-0.39, 0.29) is 13.2 Å². The second-order valence-electron chi connectivity index (χ2n) is 3.36. The molecule has 2 N–H and O–H groups in total. The molecule has 0 aliphatic carbocycles. The molecule has 1 atom stereocenters. The highest BCUT2D eigenvalue weighted by atomic mass is 16.5. The van der Waals surface area contributed by atoms with E-state index in [1.807, 2.05) is 6.92 Å². The van der Waals surface area contributed by atoms with Crippen LogP contribution in [0.15, 0.2) is 0 Å². The average molecular weight is 205 g/mol. The number of methoxy groups -OCH3 is 1. The molecule has 0 bridgehead atoms. The van der Waals surface area contributed by atoms with Gasteiger partial charge in [-0.05, 0) is 13.5 Å². The molecule has 0 rings (SSSR count). The van der Waals surface area contributed by atoms with Crippen molar-refractivity contribution in [2.24, 2.45) is 0 Å². The Balaban J connectivity index is 4.23. The van der Waals surface area contributed by atoms with E-state index in [4.69, 9.17) is 5.11 Å². The van der Waals surface area contributed by atoms with Crippen LogP contribution in [0.2, 0.25) is 0 Å². The Morgan fingerprint density at radius 3 is 2.50 bits per heavy atom. The summed E-state index contributed by atoms with van der Waals surface area (Å²) in [6, 6.07) is 0. The molecule has 0 saturated carbocycles. The van der Waals surface area contributed by atoms with E-state index in [0.29, 0.717) is 13.1 Å². The van der Waals surface area contributed by atoms with Gasteiger partial charge in [0, 0.05) is 13.1 Å². The molecule has 84 valence electrons. The summed E-state index contributed by atoms with van der Waals surface area (Å²) in [7, 11) is 1.24. The first-order chi connectivity index (χ1) is 6.47. The van der Waals surface area contributed by atoms with E-state index in [1.165, 1.54) is 14.0 Å². The summed E-state index contributed by atoms with van der Waals surface area (Å²) in [5.74, 6) is -0.658. The fraction of sp³-hybridized carbons (Fsp3) is 0.889. The van der Waals surface area contributed by atoms with Gasteiger partial charge < -0.3 is 14.9 Å². The van der Waals surface area contributed by atoms with Crippen LogP contribution >= 0.6 is 0 Å². The Morgan fingerprint density at radius 1 is 1.57 bits per heavy atom. The fourth-order valence-electron chi connectivity index (χ4n) is 1.21. The van der Waals surface area contributed by atoms with Crippen molar-refractivity contribution in [1.29, 1.82) is 0 Å². The minimum atomic E-state index is -1.51. The first-order valence-electron chi connectivity index (χ1n) is 4.62. The van der Waals surface area contributed by atoms with Crippen LogP contribution in [-0.4, -0.2) is 60.0 Å². The van der Waals surface area contributed by atoms with E-state index >= 15 is 0 Å². The maximum absolute atomic E-state index is 11.1. The van der Waals surface area contributed by atoms with Crippen molar-refractivity contribution >= 4 is 5.97 Å².